The molecular formula is C19H21ClN4O3S. The van der Waals surface area contributed by atoms with Gasteiger partial charge in [-0.15, -0.1) is 11.3 Å². The van der Waals surface area contributed by atoms with Crippen molar-refractivity contribution in [3.05, 3.63) is 39.9 Å². The fraction of sp³-hybridized carbons (Fsp3) is 0.421. The number of hydrogen-bond acceptors (Lipinski definition) is 6. The second-order valence-corrected chi connectivity index (χ2v) is 8.42. The normalized spacial score (nSPS) is 19.2. The average Bonchev–Trinajstić information content (AvgIpc) is 3.32. The van der Waals surface area contributed by atoms with Crippen molar-refractivity contribution in [3.63, 3.8) is 0 Å². The number of nitrogens with zero attached hydrogens (tertiary/aromatic N) is 2. The van der Waals surface area contributed by atoms with E-state index in [2.05, 4.69) is 20.5 Å². The van der Waals surface area contributed by atoms with E-state index in [9.17, 15) is 9.59 Å². The second-order valence-electron chi connectivity index (χ2n) is 6.90. The number of halogens is 1. The number of thiazole rings is 1. The fourth-order valence-electron chi connectivity index (χ4n) is 3.34. The van der Waals surface area contributed by atoms with Crippen molar-refractivity contribution in [2.75, 3.05) is 30.3 Å². The van der Waals surface area contributed by atoms with E-state index < -0.39 is 0 Å². The largest absolute Gasteiger partial charge is 0.368 e. The molecule has 1 saturated heterocycles. The highest BCUT2D eigenvalue weighted by Gasteiger charge is 2.26. The van der Waals surface area contributed by atoms with Crippen LogP contribution in [0.3, 0.4) is 0 Å². The molecule has 1 aromatic carbocycles. The number of benzene rings is 1. The summed E-state index contributed by atoms with van der Waals surface area (Å²) in [4.78, 5) is 32.2. The van der Waals surface area contributed by atoms with Crippen molar-refractivity contribution in [2.24, 2.45) is 0 Å². The smallest absolute Gasteiger partial charge is 0.255 e. The molecule has 0 bridgehead atoms. The Morgan fingerprint density at radius 3 is 2.86 bits per heavy atom. The van der Waals surface area contributed by atoms with Gasteiger partial charge in [0.05, 0.1) is 12.2 Å². The number of carbonyl (C=O) groups is 2. The number of carbonyl (C=O) groups excluding carboxylic acids is 2. The molecule has 1 atom stereocenters. The van der Waals surface area contributed by atoms with Gasteiger partial charge in [0, 0.05) is 41.7 Å². The van der Waals surface area contributed by atoms with Crippen LogP contribution in [0, 0.1) is 0 Å². The van der Waals surface area contributed by atoms with Gasteiger partial charge in [0.25, 0.3) is 5.91 Å². The van der Waals surface area contributed by atoms with Gasteiger partial charge in [-0.25, -0.2) is 4.98 Å². The van der Waals surface area contributed by atoms with Crippen LogP contribution in [-0.2, 0) is 27.3 Å². The molecule has 0 saturated carbocycles. The van der Waals surface area contributed by atoms with Crippen LogP contribution in [0.5, 0.6) is 0 Å². The molecule has 1 aromatic heterocycles. The Kier molecular flexibility index (Phi) is 5.91. The Hall–Kier alpha value is -2.00. The molecule has 28 heavy (non-hydrogen) atoms. The van der Waals surface area contributed by atoms with E-state index in [4.69, 9.17) is 16.3 Å². The number of rotatable bonds is 5. The van der Waals surface area contributed by atoms with E-state index in [1.54, 1.807) is 24.3 Å². The van der Waals surface area contributed by atoms with Gasteiger partial charge in [-0.05, 0) is 37.1 Å². The summed E-state index contributed by atoms with van der Waals surface area (Å²) in [5, 5.41) is 6.99. The molecule has 2 aromatic rings. The molecule has 2 amide bonds. The topological polar surface area (TPSA) is 83.6 Å². The van der Waals surface area contributed by atoms with Crippen LogP contribution in [0.1, 0.15) is 23.4 Å². The second kappa shape index (κ2) is 8.57. The molecule has 1 unspecified atom stereocenters. The van der Waals surface area contributed by atoms with Gasteiger partial charge >= 0.3 is 0 Å². The number of nitrogens with one attached hydrogen (secondary N) is 2. The zero-order valence-corrected chi connectivity index (χ0v) is 16.8. The number of hydrogen-bond donors (Lipinski definition) is 2. The highest BCUT2D eigenvalue weighted by atomic mass is 35.5. The van der Waals surface area contributed by atoms with Gasteiger partial charge in [-0.3, -0.25) is 19.8 Å². The van der Waals surface area contributed by atoms with E-state index in [1.807, 2.05) is 0 Å². The molecule has 4 rings (SSSR count). The maximum Gasteiger partial charge on any atom is 0.255 e. The number of fused-ring (bicyclic) bond motifs is 1. The molecule has 0 spiro atoms. The molecule has 0 aliphatic carbocycles. The minimum Gasteiger partial charge on any atom is -0.368 e. The SMILES string of the molecule is O=C(CN1CCc2nc(NC(=O)C3CCCO3)sc2C1)Nc1ccc(Cl)cc1. The highest BCUT2D eigenvalue weighted by Crippen LogP contribution is 2.29. The summed E-state index contributed by atoms with van der Waals surface area (Å²) in [6.45, 7) is 2.35. The Morgan fingerprint density at radius 2 is 2.11 bits per heavy atom. The summed E-state index contributed by atoms with van der Waals surface area (Å²) in [5.74, 6) is -0.190. The van der Waals surface area contributed by atoms with Gasteiger partial charge in [0.15, 0.2) is 5.13 Å². The number of anilines is 2. The third kappa shape index (κ3) is 4.70. The van der Waals surface area contributed by atoms with Crippen molar-refractivity contribution in [3.8, 4) is 0 Å². The minimum atomic E-state index is -0.367. The van der Waals surface area contributed by atoms with Crippen molar-refractivity contribution >= 4 is 45.6 Å². The predicted molar refractivity (Wildman–Crippen MR) is 109 cm³/mol. The van der Waals surface area contributed by atoms with Crippen LogP contribution in [0.4, 0.5) is 10.8 Å². The minimum absolute atomic E-state index is 0.0674. The molecule has 2 N–H and O–H groups in total. The quantitative estimate of drug-likeness (QED) is 0.777. The molecule has 148 valence electrons. The lowest BCUT2D eigenvalue weighted by molar-refractivity contribution is -0.124. The summed E-state index contributed by atoms with van der Waals surface area (Å²) >= 11 is 7.34. The first-order chi connectivity index (χ1) is 13.6. The van der Waals surface area contributed by atoms with Crippen molar-refractivity contribution in [1.82, 2.24) is 9.88 Å². The molecule has 3 heterocycles. The van der Waals surface area contributed by atoms with Gasteiger partial charge in [-0.2, -0.15) is 0 Å². The highest BCUT2D eigenvalue weighted by molar-refractivity contribution is 7.15. The van der Waals surface area contributed by atoms with Gasteiger partial charge in [0.2, 0.25) is 5.91 Å². The van der Waals surface area contributed by atoms with E-state index >= 15 is 0 Å². The van der Waals surface area contributed by atoms with Crippen LogP contribution < -0.4 is 10.6 Å². The van der Waals surface area contributed by atoms with Crippen LogP contribution in [0.15, 0.2) is 24.3 Å². The monoisotopic (exact) mass is 420 g/mol. The first-order valence-electron chi connectivity index (χ1n) is 9.25. The maximum atomic E-state index is 12.3. The summed E-state index contributed by atoms with van der Waals surface area (Å²) in [6.07, 6.45) is 2.07. The lowest BCUT2D eigenvalue weighted by Gasteiger charge is -2.25. The third-order valence-corrected chi connectivity index (χ3v) is 6.01. The van der Waals surface area contributed by atoms with Gasteiger partial charge in [-0.1, -0.05) is 11.6 Å². The molecule has 9 heteroatoms. The van der Waals surface area contributed by atoms with Crippen molar-refractivity contribution < 1.29 is 14.3 Å². The zero-order valence-electron chi connectivity index (χ0n) is 15.2. The third-order valence-electron chi connectivity index (χ3n) is 4.76. The maximum absolute atomic E-state index is 12.3. The Morgan fingerprint density at radius 1 is 1.29 bits per heavy atom. The lowest BCUT2D eigenvalue weighted by Crippen LogP contribution is -2.36. The van der Waals surface area contributed by atoms with Crippen LogP contribution >= 0.6 is 22.9 Å². The van der Waals surface area contributed by atoms with E-state index in [0.29, 0.717) is 29.9 Å². The average molecular weight is 421 g/mol. The van der Waals surface area contributed by atoms with E-state index in [0.717, 1.165) is 42.1 Å². The number of aromatic nitrogens is 1. The number of ether oxygens (including phenoxy) is 1. The first kappa shape index (κ1) is 19.3. The summed E-state index contributed by atoms with van der Waals surface area (Å²) in [6, 6.07) is 7.05. The fourth-order valence-corrected chi connectivity index (χ4v) is 4.52. The Bertz CT molecular complexity index is 865. The lowest BCUT2D eigenvalue weighted by atomic mass is 10.2. The summed E-state index contributed by atoms with van der Waals surface area (Å²) < 4.78 is 5.41. The Labute approximate surface area is 172 Å². The van der Waals surface area contributed by atoms with Gasteiger partial charge < -0.3 is 10.1 Å². The van der Waals surface area contributed by atoms with Gasteiger partial charge in [0.1, 0.15) is 6.10 Å². The Balaban J connectivity index is 1.31. The number of amides is 2. The molecule has 2 aliphatic rings. The molecule has 7 nitrogen and oxygen atoms in total. The van der Waals surface area contributed by atoms with Crippen LogP contribution in [0.25, 0.3) is 0 Å². The standard InChI is InChI=1S/C19H21ClN4O3S/c20-12-3-5-13(6-4-12)21-17(25)11-24-8-7-14-16(10-24)28-19(22-14)23-18(26)15-2-1-9-27-15/h3-6,15H,1-2,7-11H2,(H,21,25)(H,22,23,26). The van der Waals surface area contributed by atoms with E-state index in [-0.39, 0.29) is 17.9 Å². The van der Waals surface area contributed by atoms with E-state index in [1.165, 1.54) is 11.3 Å². The zero-order chi connectivity index (χ0) is 19.5. The molecule has 0 radical (unpaired) electrons. The van der Waals surface area contributed by atoms with Crippen molar-refractivity contribution in [2.45, 2.75) is 31.9 Å². The summed E-state index contributed by atoms with van der Waals surface area (Å²) in [5.41, 5.74) is 1.73. The first-order valence-corrected chi connectivity index (χ1v) is 10.4. The van der Waals surface area contributed by atoms with Crippen LogP contribution in [0.2, 0.25) is 5.02 Å². The molecule has 1 fully saturated rings. The predicted octanol–water partition coefficient (Wildman–Crippen LogP) is 2.91. The van der Waals surface area contributed by atoms with Crippen LogP contribution in [-0.4, -0.2) is 47.5 Å². The molecule has 2 aliphatic heterocycles. The van der Waals surface area contributed by atoms with Crippen molar-refractivity contribution in [1.29, 1.82) is 0 Å². The molecular weight excluding hydrogens is 400 g/mol. The summed E-state index contributed by atoms with van der Waals surface area (Å²) in [7, 11) is 0.